The van der Waals surface area contributed by atoms with Gasteiger partial charge in [0.25, 0.3) is 0 Å². The summed E-state index contributed by atoms with van der Waals surface area (Å²) in [6.07, 6.45) is 0.185. The summed E-state index contributed by atoms with van der Waals surface area (Å²) in [5.74, 6) is -1.53. The van der Waals surface area contributed by atoms with Crippen molar-refractivity contribution in [1.82, 2.24) is 5.32 Å². The first-order valence-corrected chi connectivity index (χ1v) is 11.7. The largest absolute Gasteiger partial charge is 0.481 e. The minimum absolute atomic E-state index is 0.0567. The van der Waals surface area contributed by atoms with E-state index in [0.29, 0.717) is 19.8 Å². The Bertz CT molecular complexity index is 1000. The number of ether oxygens (including phenoxy) is 1. The van der Waals surface area contributed by atoms with Crippen LogP contribution in [0.4, 0.5) is 0 Å². The number of aliphatic carboxylic acids is 1. The van der Waals surface area contributed by atoms with Gasteiger partial charge >= 0.3 is 5.97 Å². The Morgan fingerprint density at radius 1 is 0.970 bits per heavy atom. The molecule has 3 aromatic carbocycles. The van der Waals surface area contributed by atoms with E-state index >= 15 is 0 Å². The molecule has 0 heterocycles. The first-order valence-electron chi connectivity index (χ1n) is 11.7. The number of fused-ring (bicyclic) bond motifs is 1. The molecule has 0 saturated heterocycles. The summed E-state index contributed by atoms with van der Waals surface area (Å²) in [6, 6.07) is 24.1. The number of carbonyl (C=O) groups is 1. The molecular formula is C28H35NO4. The predicted octanol–water partition coefficient (Wildman–Crippen LogP) is 4.67. The van der Waals surface area contributed by atoms with Crippen LogP contribution in [0.2, 0.25) is 0 Å². The minimum atomic E-state index is -0.872. The van der Waals surface area contributed by atoms with Crippen LogP contribution in [0.3, 0.4) is 0 Å². The van der Waals surface area contributed by atoms with Crippen LogP contribution in [-0.2, 0) is 22.6 Å². The number of rotatable bonds is 13. The van der Waals surface area contributed by atoms with Gasteiger partial charge in [0.2, 0.25) is 0 Å². The van der Waals surface area contributed by atoms with E-state index in [1.54, 1.807) is 0 Å². The smallest absolute Gasteiger partial charge is 0.306 e. The van der Waals surface area contributed by atoms with Gasteiger partial charge in [0.05, 0.1) is 31.3 Å². The van der Waals surface area contributed by atoms with Crippen LogP contribution in [0.5, 0.6) is 0 Å². The van der Waals surface area contributed by atoms with E-state index in [-0.39, 0.29) is 18.4 Å². The van der Waals surface area contributed by atoms with E-state index in [9.17, 15) is 15.0 Å². The van der Waals surface area contributed by atoms with Crippen LogP contribution in [0.15, 0.2) is 72.8 Å². The lowest BCUT2D eigenvalue weighted by atomic mass is 9.88. The van der Waals surface area contributed by atoms with Crippen LogP contribution in [-0.4, -0.2) is 41.5 Å². The molecule has 0 bridgehead atoms. The molecule has 176 valence electrons. The number of carboxylic acids is 1. The fraction of sp³-hybridized carbons (Fsp3) is 0.393. The number of aliphatic hydroxyl groups is 1. The average Bonchev–Trinajstić information content (AvgIpc) is 2.81. The second-order valence-corrected chi connectivity index (χ2v) is 8.94. The van der Waals surface area contributed by atoms with E-state index in [1.807, 2.05) is 50.2 Å². The van der Waals surface area contributed by atoms with Gasteiger partial charge < -0.3 is 20.3 Å². The van der Waals surface area contributed by atoms with Crippen LogP contribution in [0, 0.1) is 11.8 Å². The molecule has 3 aromatic rings. The number of benzene rings is 3. The van der Waals surface area contributed by atoms with Gasteiger partial charge in [-0.15, -0.1) is 0 Å². The molecule has 0 spiro atoms. The third-order valence-corrected chi connectivity index (χ3v) is 6.18. The van der Waals surface area contributed by atoms with Crippen LogP contribution < -0.4 is 5.32 Å². The standard InChI is InChI=1S/C28H35NO4/c1-20(2)25(28(31)32)17-27(30)26(29-16-15-21-9-4-3-5-10-21)19-33-18-23-13-8-12-22-11-6-7-14-24(22)23/h3-14,20,25-27,29-30H,15-19H2,1-2H3,(H,31,32). The van der Waals surface area contributed by atoms with Crippen molar-refractivity contribution in [2.45, 2.75) is 45.4 Å². The minimum Gasteiger partial charge on any atom is -0.481 e. The van der Waals surface area contributed by atoms with Crippen molar-refractivity contribution in [3.05, 3.63) is 83.9 Å². The Hall–Kier alpha value is -2.73. The second kappa shape index (κ2) is 12.5. The topological polar surface area (TPSA) is 78.8 Å². The Balaban J connectivity index is 1.63. The van der Waals surface area contributed by atoms with Gasteiger partial charge in [0.1, 0.15) is 0 Å². The van der Waals surface area contributed by atoms with E-state index in [0.717, 1.165) is 22.8 Å². The van der Waals surface area contributed by atoms with Gasteiger partial charge in [0.15, 0.2) is 0 Å². The fourth-order valence-corrected chi connectivity index (χ4v) is 4.15. The summed E-state index contributed by atoms with van der Waals surface area (Å²) >= 11 is 0. The molecule has 3 rings (SSSR count). The molecule has 3 unspecified atom stereocenters. The lowest BCUT2D eigenvalue weighted by molar-refractivity contribution is -0.144. The molecule has 0 aliphatic carbocycles. The lowest BCUT2D eigenvalue weighted by Gasteiger charge is -2.27. The van der Waals surface area contributed by atoms with Crippen LogP contribution >= 0.6 is 0 Å². The molecule has 5 heteroatoms. The quantitative estimate of drug-likeness (QED) is 0.354. The van der Waals surface area contributed by atoms with Gasteiger partial charge in [0, 0.05) is 0 Å². The number of nitrogens with one attached hydrogen (secondary N) is 1. The molecular weight excluding hydrogens is 414 g/mol. The monoisotopic (exact) mass is 449 g/mol. The van der Waals surface area contributed by atoms with Crippen molar-refractivity contribution in [2.24, 2.45) is 11.8 Å². The molecule has 0 aromatic heterocycles. The van der Waals surface area contributed by atoms with Crippen molar-refractivity contribution >= 4 is 16.7 Å². The first kappa shape index (κ1) is 24.9. The summed E-state index contributed by atoms with van der Waals surface area (Å²) in [7, 11) is 0. The third-order valence-electron chi connectivity index (χ3n) is 6.18. The number of hydrogen-bond acceptors (Lipinski definition) is 4. The van der Waals surface area contributed by atoms with Gasteiger partial charge in [-0.2, -0.15) is 0 Å². The molecule has 5 nitrogen and oxygen atoms in total. The van der Waals surface area contributed by atoms with Crippen LogP contribution in [0.1, 0.15) is 31.4 Å². The molecule has 0 saturated carbocycles. The van der Waals surface area contributed by atoms with E-state index in [2.05, 4.69) is 41.7 Å². The molecule has 3 atom stereocenters. The van der Waals surface area contributed by atoms with E-state index in [1.165, 1.54) is 5.56 Å². The van der Waals surface area contributed by atoms with Crippen molar-refractivity contribution in [2.75, 3.05) is 13.2 Å². The van der Waals surface area contributed by atoms with Crippen molar-refractivity contribution in [3.63, 3.8) is 0 Å². The SMILES string of the molecule is CC(C)C(CC(O)C(COCc1cccc2ccccc12)NCCc1ccccc1)C(=O)O. The molecule has 0 radical (unpaired) electrons. The molecule has 3 N–H and O–H groups in total. The summed E-state index contributed by atoms with van der Waals surface area (Å²) in [5.41, 5.74) is 2.30. The van der Waals surface area contributed by atoms with Gasteiger partial charge in [-0.05, 0) is 47.2 Å². The zero-order chi connectivity index (χ0) is 23.6. The highest BCUT2D eigenvalue weighted by Crippen LogP contribution is 2.21. The normalized spacial score (nSPS) is 14.3. The Morgan fingerprint density at radius 3 is 2.39 bits per heavy atom. The maximum absolute atomic E-state index is 11.7. The number of aliphatic hydroxyl groups excluding tert-OH is 1. The van der Waals surface area contributed by atoms with Crippen molar-refractivity contribution in [1.29, 1.82) is 0 Å². The highest BCUT2D eigenvalue weighted by atomic mass is 16.5. The highest BCUT2D eigenvalue weighted by Gasteiger charge is 2.29. The molecule has 0 aliphatic rings. The van der Waals surface area contributed by atoms with E-state index < -0.39 is 18.0 Å². The number of carboxylic acid groups (broad SMARTS) is 1. The average molecular weight is 450 g/mol. The van der Waals surface area contributed by atoms with Crippen molar-refractivity contribution < 1.29 is 19.7 Å². The van der Waals surface area contributed by atoms with Gasteiger partial charge in [-0.3, -0.25) is 4.79 Å². The predicted molar refractivity (Wildman–Crippen MR) is 132 cm³/mol. The second-order valence-electron chi connectivity index (χ2n) is 8.94. The fourth-order valence-electron chi connectivity index (χ4n) is 4.15. The van der Waals surface area contributed by atoms with Gasteiger partial charge in [-0.25, -0.2) is 0 Å². The molecule has 0 amide bonds. The summed E-state index contributed by atoms with van der Waals surface area (Å²) in [5, 5.41) is 26.2. The Morgan fingerprint density at radius 2 is 1.67 bits per heavy atom. The van der Waals surface area contributed by atoms with Crippen LogP contribution in [0.25, 0.3) is 10.8 Å². The maximum Gasteiger partial charge on any atom is 0.306 e. The zero-order valence-corrected chi connectivity index (χ0v) is 19.5. The molecule has 0 aliphatic heterocycles. The summed E-state index contributed by atoms with van der Waals surface area (Å²) in [4.78, 5) is 11.7. The number of hydrogen-bond donors (Lipinski definition) is 3. The Kier molecular flexibility index (Phi) is 9.43. The van der Waals surface area contributed by atoms with Gasteiger partial charge in [-0.1, -0.05) is 86.6 Å². The van der Waals surface area contributed by atoms with Crippen molar-refractivity contribution in [3.8, 4) is 0 Å². The maximum atomic E-state index is 11.7. The highest BCUT2D eigenvalue weighted by molar-refractivity contribution is 5.85. The summed E-state index contributed by atoms with van der Waals surface area (Å²) < 4.78 is 6.05. The summed E-state index contributed by atoms with van der Waals surface area (Å²) in [6.45, 7) is 5.14. The third kappa shape index (κ3) is 7.39. The lowest BCUT2D eigenvalue weighted by Crippen LogP contribution is -2.46. The zero-order valence-electron chi connectivity index (χ0n) is 19.5. The molecule has 33 heavy (non-hydrogen) atoms. The first-order chi connectivity index (χ1) is 16.0. The molecule has 0 fully saturated rings. The Labute approximate surface area is 196 Å². The van der Waals surface area contributed by atoms with E-state index in [4.69, 9.17) is 4.74 Å².